The molecule has 0 aromatic carbocycles. The van der Waals surface area contributed by atoms with Crippen molar-refractivity contribution in [1.29, 1.82) is 0 Å². The second kappa shape index (κ2) is 7.69. The lowest BCUT2D eigenvalue weighted by molar-refractivity contribution is -0.131. The number of aryl methyl sites for hydroxylation is 1. The van der Waals surface area contributed by atoms with Gasteiger partial charge in [0, 0.05) is 16.8 Å². The summed E-state index contributed by atoms with van der Waals surface area (Å²) < 4.78 is 0. The van der Waals surface area contributed by atoms with Crippen molar-refractivity contribution in [3.8, 4) is 0 Å². The summed E-state index contributed by atoms with van der Waals surface area (Å²) in [5, 5.41) is 0. The topological polar surface area (TPSA) is 46.3 Å². The lowest BCUT2D eigenvalue weighted by atomic mass is 10.1. The Bertz CT molecular complexity index is 354. The zero-order valence-corrected chi connectivity index (χ0v) is 12.2. The van der Waals surface area contributed by atoms with Gasteiger partial charge in [0.15, 0.2) is 0 Å². The Labute approximate surface area is 113 Å². The van der Waals surface area contributed by atoms with Crippen LogP contribution in [-0.4, -0.2) is 23.9 Å². The lowest BCUT2D eigenvalue weighted by Gasteiger charge is -2.20. The van der Waals surface area contributed by atoms with Gasteiger partial charge in [-0.1, -0.05) is 13.3 Å². The average Bonchev–Trinajstić information content (AvgIpc) is 2.63. The first-order valence-electron chi connectivity index (χ1n) is 5.60. The van der Waals surface area contributed by atoms with E-state index in [2.05, 4.69) is 19.1 Å². The zero-order chi connectivity index (χ0) is 12.1. The highest BCUT2D eigenvalue weighted by molar-refractivity contribution is 7.11. The van der Waals surface area contributed by atoms with Crippen molar-refractivity contribution in [2.45, 2.75) is 39.3 Å². The minimum absolute atomic E-state index is 0. The third kappa shape index (κ3) is 5.06. The summed E-state index contributed by atoms with van der Waals surface area (Å²) in [4.78, 5) is 16.0. The van der Waals surface area contributed by atoms with Crippen LogP contribution in [0, 0.1) is 6.92 Å². The number of hydrogen-bond donors (Lipinski definition) is 1. The summed E-state index contributed by atoms with van der Waals surface area (Å²) in [6.07, 6.45) is 1.70. The van der Waals surface area contributed by atoms with E-state index in [9.17, 15) is 4.79 Å². The summed E-state index contributed by atoms with van der Waals surface area (Å²) in [5.41, 5.74) is 5.80. The Kier molecular flexibility index (Phi) is 7.43. The van der Waals surface area contributed by atoms with Gasteiger partial charge in [0.05, 0.1) is 12.6 Å². The first kappa shape index (κ1) is 16.4. The second-order valence-electron chi connectivity index (χ2n) is 4.10. The van der Waals surface area contributed by atoms with Gasteiger partial charge < -0.3 is 10.6 Å². The molecule has 2 N–H and O–H groups in total. The highest BCUT2D eigenvalue weighted by Crippen LogP contribution is 2.16. The molecule has 98 valence electrons. The van der Waals surface area contributed by atoms with Gasteiger partial charge in [-0.3, -0.25) is 4.79 Å². The van der Waals surface area contributed by atoms with E-state index in [0.29, 0.717) is 6.54 Å². The molecule has 1 amide bonds. The molecule has 0 spiro atoms. The van der Waals surface area contributed by atoms with E-state index >= 15 is 0 Å². The van der Waals surface area contributed by atoms with Crippen LogP contribution >= 0.6 is 23.7 Å². The quantitative estimate of drug-likeness (QED) is 0.898. The summed E-state index contributed by atoms with van der Waals surface area (Å²) in [5.74, 6) is 0.0351. The molecule has 0 aliphatic heterocycles. The van der Waals surface area contributed by atoms with Gasteiger partial charge >= 0.3 is 0 Å². The molecule has 1 rings (SSSR count). The molecule has 17 heavy (non-hydrogen) atoms. The third-order valence-electron chi connectivity index (χ3n) is 2.48. The number of nitrogens with zero attached hydrogens (tertiary/aromatic N) is 1. The van der Waals surface area contributed by atoms with Gasteiger partial charge in [0.2, 0.25) is 5.91 Å². The Morgan fingerprint density at radius 1 is 1.53 bits per heavy atom. The number of carbonyl (C=O) groups excluding carboxylic acids is 1. The number of carbonyl (C=O) groups is 1. The molecule has 1 atom stereocenters. The van der Waals surface area contributed by atoms with Crippen LogP contribution in [0.1, 0.15) is 29.5 Å². The van der Waals surface area contributed by atoms with Gasteiger partial charge in [-0.2, -0.15) is 0 Å². The monoisotopic (exact) mass is 276 g/mol. The van der Waals surface area contributed by atoms with Crippen LogP contribution in [0.4, 0.5) is 0 Å². The zero-order valence-electron chi connectivity index (χ0n) is 10.6. The molecule has 1 aromatic heterocycles. The minimum Gasteiger partial charge on any atom is -0.339 e. The van der Waals surface area contributed by atoms with Crippen molar-refractivity contribution in [2.75, 3.05) is 7.05 Å². The Balaban J connectivity index is 0.00000256. The maximum Gasteiger partial charge on any atom is 0.239 e. The molecular formula is C12H21ClN2OS. The lowest BCUT2D eigenvalue weighted by Crippen LogP contribution is -2.41. The second-order valence-corrected chi connectivity index (χ2v) is 5.47. The highest BCUT2D eigenvalue weighted by Gasteiger charge is 2.17. The van der Waals surface area contributed by atoms with E-state index in [4.69, 9.17) is 5.73 Å². The van der Waals surface area contributed by atoms with Crippen LogP contribution in [0.5, 0.6) is 0 Å². The van der Waals surface area contributed by atoms with Crippen LogP contribution < -0.4 is 5.73 Å². The predicted octanol–water partition coefficient (Wildman–Crippen LogP) is 2.56. The number of nitrogens with two attached hydrogens (primary N) is 1. The summed E-state index contributed by atoms with van der Waals surface area (Å²) >= 11 is 1.72. The molecule has 0 radical (unpaired) electrons. The van der Waals surface area contributed by atoms with Crippen molar-refractivity contribution in [3.63, 3.8) is 0 Å². The summed E-state index contributed by atoms with van der Waals surface area (Å²) in [6.45, 7) is 4.77. The van der Waals surface area contributed by atoms with Crippen molar-refractivity contribution >= 4 is 29.7 Å². The minimum atomic E-state index is -0.351. The average molecular weight is 277 g/mol. The molecular weight excluding hydrogens is 256 g/mol. The molecule has 0 saturated heterocycles. The van der Waals surface area contributed by atoms with Gasteiger partial charge in [0.1, 0.15) is 0 Å². The van der Waals surface area contributed by atoms with E-state index in [1.807, 2.05) is 14.0 Å². The van der Waals surface area contributed by atoms with E-state index in [-0.39, 0.29) is 24.4 Å². The Hall–Kier alpha value is -0.580. The molecule has 0 fully saturated rings. The highest BCUT2D eigenvalue weighted by atomic mass is 35.5. The van der Waals surface area contributed by atoms with E-state index < -0.39 is 0 Å². The van der Waals surface area contributed by atoms with Crippen molar-refractivity contribution in [1.82, 2.24) is 4.90 Å². The van der Waals surface area contributed by atoms with E-state index in [1.165, 1.54) is 9.75 Å². The number of rotatable bonds is 5. The largest absolute Gasteiger partial charge is 0.339 e. The van der Waals surface area contributed by atoms with Crippen molar-refractivity contribution in [2.24, 2.45) is 5.73 Å². The van der Waals surface area contributed by atoms with Crippen LogP contribution in [0.15, 0.2) is 12.1 Å². The van der Waals surface area contributed by atoms with Crippen molar-refractivity contribution in [3.05, 3.63) is 21.9 Å². The molecule has 0 aliphatic carbocycles. The van der Waals surface area contributed by atoms with Crippen LogP contribution in [-0.2, 0) is 11.3 Å². The molecule has 5 heteroatoms. The number of likely N-dealkylation sites (N-methyl/N-ethyl adjacent to an activating group) is 1. The van der Waals surface area contributed by atoms with Gasteiger partial charge in [0.25, 0.3) is 0 Å². The van der Waals surface area contributed by atoms with Gasteiger partial charge in [-0.25, -0.2) is 0 Å². The fourth-order valence-corrected chi connectivity index (χ4v) is 2.54. The normalized spacial score (nSPS) is 11.8. The molecule has 1 aromatic rings. The molecule has 1 heterocycles. The van der Waals surface area contributed by atoms with E-state index in [0.717, 1.165) is 12.8 Å². The molecule has 1 unspecified atom stereocenters. The molecule has 0 saturated carbocycles. The number of hydrogen-bond acceptors (Lipinski definition) is 3. The van der Waals surface area contributed by atoms with Crippen molar-refractivity contribution < 1.29 is 4.79 Å². The molecule has 0 bridgehead atoms. The number of thiophene rings is 1. The number of halogens is 1. The number of amides is 1. The molecule has 3 nitrogen and oxygen atoms in total. The first-order valence-corrected chi connectivity index (χ1v) is 6.42. The standard InChI is InChI=1S/C12H20N2OS.ClH/c1-4-5-11(13)12(15)14(3)8-10-7-6-9(2)16-10;/h6-7,11H,4-5,8,13H2,1-3H3;1H. The third-order valence-corrected chi connectivity index (χ3v) is 3.47. The summed E-state index contributed by atoms with van der Waals surface area (Å²) in [7, 11) is 1.81. The summed E-state index contributed by atoms with van der Waals surface area (Å²) in [6, 6.07) is 3.79. The SMILES string of the molecule is CCCC(N)C(=O)N(C)Cc1ccc(C)s1.Cl. The smallest absolute Gasteiger partial charge is 0.239 e. The first-order chi connectivity index (χ1) is 7.54. The van der Waals surface area contributed by atoms with Crippen LogP contribution in [0.25, 0.3) is 0 Å². The van der Waals surface area contributed by atoms with E-state index in [1.54, 1.807) is 16.2 Å². The van der Waals surface area contributed by atoms with Gasteiger partial charge in [-0.15, -0.1) is 23.7 Å². The van der Waals surface area contributed by atoms with Gasteiger partial charge in [-0.05, 0) is 25.5 Å². The molecule has 0 aliphatic rings. The predicted molar refractivity (Wildman–Crippen MR) is 75.7 cm³/mol. The Morgan fingerprint density at radius 2 is 2.18 bits per heavy atom. The fraction of sp³-hybridized carbons (Fsp3) is 0.583. The maximum atomic E-state index is 11.8. The Morgan fingerprint density at radius 3 is 2.65 bits per heavy atom. The van der Waals surface area contributed by atoms with Crippen LogP contribution in [0.3, 0.4) is 0 Å². The maximum absolute atomic E-state index is 11.8. The fourth-order valence-electron chi connectivity index (χ4n) is 1.60. The van der Waals surface area contributed by atoms with Crippen LogP contribution in [0.2, 0.25) is 0 Å².